The third-order valence-electron chi connectivity index (χ3n) is 2.42. The third-order valence-corrected chi connectivity index (χ3v) is 3.07. The van der Waals surface area contributed by atoms with Crippen LogP contribution in [0.1, 0.15) is 18.4 Å². The van der Waals surface area contributed by atoms with Crippen LogP contribution in [0, 0.1) is 5.82 Å². The zero-order valence-electron chi connectivity index (χ0n) is 7.26. The van der Waals surface area contributed by atoms with Gasteiger partial charge in [0.05, 0.1) is 5.54 Å². The Morgan fingerprint density at radius 1 is 1.50 bits per heavy atom. The van der Waals surface area contributed by atoms with Crippen molar-refractivity contribution in [1.29, 1.82) is 0 Å². The fourth-order valence-corrected chi connectivity index (χ4v) is 2.23. The van der Waals surface area contributed by atoms with Crippen LogP contribution in [0.4, 0.5) is 4.39 Å². The van der Waals surface area contributed by atoms with Crippen LogP contribution in [0.2, 0.25) is 0 Å². The minimum Gasteiger partial charge on any atom is -0.211 e. The van der Waals surface area contributed by atoms with E-state index in [1.165, 1.54) is 12.1 Å². The van der Waals surface area contributed by atoms with E-state index in [2.05, 4.69) is 20.9 Å². The summed E-state index contributed by atoms with van der Waals surface area (Å²) < 4.78 is 13.5. The van der Waals surface area contributed by atoms with Crippen LogP contribution in [0.3, 0.4) is 0 Å². The lowest BCUT2D eigenvalue weighted by atomic mass is 10.1. The topological polar surface area (TPSA) is 29.4 Å². The molecular formula is C10H7BrFNO. The molecule has 1 aromatic rings. The van der Waals surface area contributed by atoms with Crippen LogP contribution in [0.25, 0.3) is 0 Å². The maximum atomic E-state index is 12.8. The summed E-state index contributed by atoms with van der Waals surface area (Å²) in [6, 6.07) is 4.42. The average molecular weight is 256 g/mol. The van der Waals surface area contributed by atoms with Gasteiger partial charge in [-0.05, 0) is 30.5 Å². The largest absolute Gasteiger partial charge is 0.235 e. The number of hydrogen-bond donors (Lipinski definition) is 0. The Morgan fingerprint density at radius 2 is 2.21 bits per heavy atom. The molecule has 72 valence electrons. The molecule has 0 saturated heterocycles. The summed E-state index contributed by atoms with van der Waals surface area (Å²) in [4.78, 5) is 14.0. The molecule has 1 fully saturated rings. The van der Waals surface area contributed by atoms with Gasteiger partial charge in [0.1, 0.15) is 5.82 Å². The second-order valence-corrected chi connectivity index (χ2v) is 4.21. The van der Waals surface area contributed by atoms with E-state index in [0.717, 1.165) is 18.4 Å². The number of isocyanates is 1. The summed E-state index contributed by atoms with van der Waals surface area (Å²) in [7, 11) is 0. The Kier molecular flexibility index (Phi) is 2.25. The van der Waals surface area contributed by atoms with Gasteiger partial charge in [0.2, 0.25) is 6.08 Å². The van der Waals surface area contributed by atoms with Gasteiger partial charge in [0.15, 0.2) is 0 Å². The van der Waals surface area contributed by atoms with E-state index in [0.29, 0.717) is 4.47 Å². The highest BCUT2D eigenvalue weighted by atomic mass is 79.9. The minimum atomic E-state index is -0.436. The van der Waals surface area contributed by atoms with Crippen molar-refractivity contribution in [3.63, 3.8) is 0 Å². The molecule has 1 saturated carbocycles. The van der Waals surface area contributed by atoms with Crippen molar-refractivity contribution < 1.29 is 9.18 Å². The first-order chi connectivity index (χ1) is 6.68. The maximum Gasteiger partial charge on any atom is 0.235 e. The summed E-state index contributed by atoms with van der Waals surface area (Å²) in [6.07, 6.45) is 3.22. The van der Waals surface area contributed by atoms with Gasteiger partial charge < -0.3 is 0 Å². The second-order valence-electron chi connectivity index (χ2n) is 3.36. The highest BCUT2D eigenvalue weighted by Gasteiger charge is 2.46. The van der Waals surface area contributed by atoms with E-state index in [-0.39, 0.29) is 5.82 Å². The molecule has 0 N–H and O–H groups in total. The smallest absolute Gasteiger partial charge is 0.211 e. The van der Waals surface area contributed by atoms with Crippen LogP contribution in [0.5, 0.6) is 0 Å². The summed E-state index contributed by atoms with van der Waals surface area (Å²) in [5.74, 6) is -0.300. The van der Waals surface area contributed by atoms with Gasteiger partial charge in [-0.1, -0.05) is 22.0 Å². The molecule has 0 amide bonds. The van der Waals surface area contributed by atoms with Crippen molar-refractivity contribution in [1.82, 2.24) is 0 Å². The lowest BCUT2D eigenvalue weighted by Gasteiger charge is -2.09. The van der Waals surface area contributed by atoms with Gasteiger partial charge >= 0.3 is 0 Å². The normalized spacial score (nSPS) is 17.3. The maximum absolute atomic E-state index is 12.8. The second kappa shape index (κ2) is 3.30. The van der Waals surface area contributed by atoms with E-state index in [1.807, 2.05) is 0 Å². The van der Waals surface area contributed by atoms with E-state index in [1.54, 1.807) is 12.1 Å². The van der Waals surface area contributed by atoms with Gasteiger partial charge in [-0.3, -0.25) is 0 Å². The van der Waals surface area contributed by atoms with Crippen LogP contribution >= 0.6 is 15.9 Å². The Labute approximate surface area is 89.0 Å². The van der Waals surface area contributed by atoms with Crippen molar-refractivity contribution in [2.45, 2.75) is 18.4 Å². The number of halogens is 2. The molecule has 1 aromatic carbocycles. The molecular weight excluding hydrogens is 249 g/mol. The summed E-state index contributed by atoms with van der Waals surface area (Å²) >= 11 is 3.26. The molecule has 0 aliphatic heterocycles. The van der Waals surface area contributed by atoms with Crippen molar-refractivity contribution in [2.24, 2.45) is 4.99 Å². The standard InChI is InChI=1S/C10H7BrFNO/c11-9-5-7(12)1-2-8(9)10(3-4-10)13-6-14/h1-2,5H,3-4H2. The molecule has 4 heteroatoms. The molecule has 0 unspecified atom stereocenters. The summed E-state index contributed by atoms with van der Waals surface area (Å²) in [5, 5.41) is 0. The highest BCUT2D eigenvalue weighted by molar-refractivity contribution is 9.10. The first-order valence-corrected chi connectivity index (χ1v) is 5.02. The van der Waals surface area contributed by atoms with Crippen LogP contribution in [0.15, 0.2) is 27.7 Å². The number of benzene rings is 1. The van der Waals surface area contributed by atoms with Crippen LogP contribution in [-0.2, 0) is 10.3 Å². The number of aliphatic imine (C=N–C) groups is 1. The third kappa shape index (κ3) is 1.51. The zero-order chi connectivity index (χ0) is 10.2. The quantitative estimate of drug-likeness (QED) is 0.590. The van der Waals surface area contributed by atoms with Crippen LogP contribution < -0.4 is 0 Å². The van der Waals surface area contributed by atoms with Crippen molar-refractivity contribution in [3.05, 3.63) is 34.1 Å². The molecule has 0 aromatic heterocycles. The number of carbonyl (C=O) groups excluding carboxylic acids is 1. The molecule has 2 rings (SSSR count). The molecule has 0 bridgehead atoms. The van der Waals surface area contributed by atoms with Gasteiger partial charge in [0, 0.05) is 4.47 Å². The SMILES string of the molecule is O=C=NC1(c2ccc(F)cc2Br)CC1. The number of hydrogen-bond acceptors (Lipinski definition) is 2. The first-order valence-electron chi connectivity index (χ1n) is 4.22. The fourth-order valence-electron chi connectivity index (χ4n) is 1.51. The summed E-state index contributed by atoms with van der Waals surface area (Å²) in [5.41, 5.74) is 0.427. The molecule has 0 spiro atoms. The van der Waals surface area contributed by atoms with Crippen LogP contribution in [-0.4, -0.2) is 6.08 Å². The van der Waals surface area contributed by atoms with Crippen molar-refractivity contribution >= 4 is 22.0 Å². The summed E-state index contributed by atoms with van der Waals surface area (Å²) in [6.45, 7) is 0. The Balaban J connectivity index is 2.47. The Morgan fingerprint density at radius 3 is 2.71 bits per heavy atom. The highest BCUT2D eigenvalue weighted by Crippen LogP contribution is 2.51. The lowest BCUT2D eigenvalue weighted by molar-refractivity contribution is 0.556. The zero-order valence-corrected chi connectivity index (χ0v) is 8.84. The predicted molar refractivity (Wildman–Crippen MR) is 53.1 cm³/mol. The molecule has 14 heavy (non-hydrogen) atoms. The molecule has 0 atom stereocenters. The number of nitrogens with zero attached hydrogens (tertiary/aromatic N) is 1. The van der Waals surface area contributed by atoms with E-state index in [4.69, 9.17) is 0 Å². The fraction of sp³-hybridized carbons (Fsp3) is 0.300. The monoisotopic (exact) mass is 255 g/mol. The minimum absolute atomic E-state index is 0.300. The van der Waals surface area contributed by atoms with Gasteiger partial charge in [0.25, 0.3) is 0 Å². The molecule has 1 aliphatic rings. The number of rotatable bonds is 2. The van der Waals surface area contributed by atoms with Gasteiger partial charge in [-0.15, -0.1) is 0 Å². The van der Waals surface area contributed by atoms with E-state index in [9.17, 15) is 9.18 Å². The lowest BCUT2D eigenvalue weighted by Crippen LogP contribution is -2.03. The van der Waals surface area contributed by atoms with E-state index >= 15 is 0 Å². The Hall–Kier alpha value is -0.990. The predicted octanol–water partition coefficient (Wildman–Crippen LogP) is 2.91. The Bertz CT molecular complexity index is 422. The van der Waals surface area contributed by atoms with Gasteiger partial charge in [-0.2, -0.15) is 4.99 Å². The molecule has 1 aliphatic carbocycles. The molecule has 2 nitrogen and oxygen atoms in total. The van der Waals surface area contributed by atoms with Crippen molar-refractivity contribution in [3.8, 4) is 0 Å². The van der Waals surface area contributed by atoms with Gasteiger partial charge in [-0.25, -0.2) is 9.18 Å². The average Bonchev–Trinajstić information content (AvgIpc) is 2.86. The van der Waals surface area contributed by atoms with Crippen molar-refractivity contribution in [2.75, 3.05) is 0 Å². The molecule has 0 heterocycles. The molecule has 0 radical (unpaired) electrons. The van der Waals surface area contributed by atoms with E-state index < -0.39 is 5.54 Å². The first kappa shape index (κ1) is 9.56.